The van der Waals surface area contributed by atoms with E-state index in [1.165, 1.54) is 5.56 Å². The van der Waals surface area contributed by atoms with Gasteiger partial charge in [0.1, 0.15) is 12.4 Å². The van der Waals surface area contributed by atoms with Crippen LogP contribution in [0.3, 0.4) is 0 Å². The molecule has 0 N–H and O–H groups in total. The molecule has 0 saturated carbocycles. The molecule has 5 heteroatoms. The topological polar surface area (TPSA) is 28.2 Å². The standard InChI is InChI=1S/C20H33N3O2/c1-21-9-11-23(12-10-21)13-16-25-20-6-4-3-5-18(20)17-22(2)19-7-14-24-15-8-19/h3-6,19H,7-17H2,1-2H3. The molecule has 25 heavy (non-hydrogen) atoms. The van der Waals surface area contributed by atoms with Gasteiger partial charge in [0.25, 0.3) is 0 Å². The lowest BCUT2D eigenvalue weighted by Gasteiger charge is -2.32. The summed E-state index contributed by atoms with van der Waals surface area (Å²) < 4.78 is 11.6. The minimum absolute atomic E-state index is 0.618. The highest BCUT2D eigenvalue weighted by molar-refractivity contribution is 5.33. The summed E-state index contributed by atoms with van der Waals surface area (Å²) in [6, 6.07) is 9.11. The molecule has 2 heterocycles. The van der Waals surface area contributed by atoms with Crippen LogP contribution in [0.5, 0.6) is 5.75 Å². The monoisotopic (exact) mass is 347 g/mol. The van der Waals surface area contributed by atoms with Crippen LogP contribution in [0.1, 0.15) is 18.4 Å². The van der Waals surface area contributed by atoms with Gasteiger partial charge in [-0.3, -0.25) is 9.80 Å². The summed E-state index contributed by atoms with van der Waals surface area (Å²) in [4.78, 5) is 7.33. The largest absolute Gasteiger partial charge is 0.492 e. The maximum Gasteiger partial charge on any atom is 0.123 e. The number of ether oxygens (including phenoxy) is 2. The van der Waals surface area contributed by atoms with Crippen LogP contribution in [-0.4, -0.2) is 87.4 Å². The van der Waals surface area contributed by atoms with Crippen LogP contribution in [0, 0.1) is 0 Å². The van der Waals surface area contributed by atoms with Gasteiger partial charge in [-0.2, -0.15) is 0 Å². The van der Waals surface area contributed by atoms with E-state index in [4.69, 9.17) is 9.47 Å². The Morgan fingerprint density at radius 2 is 1.84 bits per heavy atom. The lowest BCUT2D eigenvalue weighted by atomic mass is 10.1. The molecular formula is C20H33N3O2. The van der Waals surface area contributed by atoms with Crippen LogP contribution in [0.4, 0.5) is 0 Å². The van der Waals surface area contributed by atoms with Crippen molar-refractivity contribution in [2.75, 3.05) is 66.6 Å². The highest BCUT2D eigenvalue weighted by Crippen LogP contribution is 2.22. The lowest BCUT2D eigenvalue weighted by molar-refractivity contribution is 0.0404. The molecule has 2 saturated heterocycles. The lowest BCUT2D eigenvalue weighted by Crippen LogP contribution is -2.45. The Labute approximate surface area is 152 Å². The van der Waals surface area contributed by atoms with Crippen molar-refractivity contribution in [3.8, 4) is 5.75 Å². The molecule has 0 amide bonds. The fourth-order valence-electron chi connectivity index (χ4n) is 3.66. The van der Waals surface area contributed by atoms with Crippen molar-refractivity contribution in [3.05, 3.63) is 29.8 Å². The van der Waals surface area contributed by atoms with Crippen molar-refractivity contribution in [1.29, 1.82) is 0 Å². The minimum Gasteiger partial charge on any atom is -0.492 e. The van der Waals surface area contributed by atoms with Gasteiger partial charge in [0.2, 0.25) is 0 Å². The van der Waals surface area contributed by atoms with Crippen molar-refractivity contribution in [3.63, 3.8) is 0 Å². The van der Waals surface area contributed by atoms with Gasteiger partial charge >= 0.3 is 0 Å². The molecule has 0 aliphatic carbocycles. The minimum atomic E-state index is 0.618. The van der Waals surface area contributed by atoms with Gasteiger partial charge in [0.05, 0.1) is 0 Å². The molecule has 5 nitrogen and oxygen atoms in total. The molecule has 3 rings (SSSR count). The molecule has 140 valence electrons. The second-order valence-electron chi connectivity index (χ2n) is 7.36. The zero-order valence-electron chi connectivity index (χ0n) is 15.8. The second-order valence-corrected chi connectivity index (χ2v) is 7.36. The Morgan fingerprint density at radius 3 is 2.60 bits per heavy atom. The number of para-hydroxylation sites is 1. The van der Waals surface area contributed by atoms with Crippen molar-refractivity contribution < 1.29 is 9.47 Å². The van der Waals surface area contributed by atoms with Crippen LogP contribution >= 0.6 is 0 Å². The average molecular weight is 348 g/mol. The molecule has 1 aromatic rings. The molecule has 0 unspecified atom stereocenters. The van der Waals surface area contributed by atoms with E-state index in [1.807, 2.05) is 0 Å². The van der Waals surface area contributed by atoms with Crippen molar-refractivity contribution in [2.24, 2.45) is 0 Å². The van der Waals surface area contributed by atoms with Crippen molar-refractivity contribution in [1.82, 2.24) is 14.7 Å². The first-order valence-electron chi connectivity index (χ1n) is 9.62. The normalized spacial score (nSPS) is 20.9. The molecule has 0 spiro atoms. The first kappa shape index (κ1) is 18.6. The summed E-state index contributed by atoms with van der Waals surface area (Å²) >= 11 is 0. The zero-order valence-corrected chi connectivity index (χ0v) is 15.8. The summed E-state index contributed by atoms with van der Waals surface area (Å²) in [5, 5.41) is 0. The highest BCUT2D eigenvalue weighted by Gasteiger charge is 2.19. The molecule has 2 aliphatic heterocycles. The average Bonchev–Trinajstić information content (AvgIpc) is 2.65. The molecule has 2 fully saturated rings. The molecular weight excluding hydrogens is 314 g/mol. The molecule has 0 atom stereocenters. The van der Waals surface area contributed by atoms with E-state index in [1.54, 1.807) is 0 Å². The third kappa shape index (κ3) is 5.68. The van der Waals surface area contributed by atoms with Gasteiger partial charge < -0.3 is 14.4 Å². The number of hydrogen-bond donors (Lipinski definition) is 0. The summed E-state index contributed by atoms with van der Waals surface area (Å²) in [5.74, 6) is 1.04. The van der Waals surface area contributed by atoms with E-state index in [9.17, 15) is 0 Å². The van der Waals surface area contributed by atoms with E-state index in [0.29, 0.717) is 6.04 Å². The zero-order chi connectivity index (χ0) is 17.5. The van der Waals surface area contributed by atoms with Crippen LogP contribution < -0.4 is 4.74 Å². The smallest absolute Gasteiger partial charge is 0.123 e. The van der Waals surface area contributed by atoms with Gasteiger partial charge in [0.15, 0.2) is 0 Å². The number of nitrogens with zero attached hydrogens (tertiary/aromatic N) is 3. The van der Waals surface area contributed by atoms with Crippen molar-refractivity contribution >= 4 is 0 Å². The summed E-state index contributed by atoms with van der Waals surface area (Å²) in [7, 11) is 4.41. The number of piperazine rings is 1. The summed E-state index contributed by atoms with van der Waals surface area (Å²) in [6.45, 7) is 9.10. The Morgan fingerprint density at radius 1 is 1.12 bits per heavy atom. The first-order chi connectivity index (χ1) is 12.2. The number of likely N-dealkylation sites (N-methyl/N-ethyl adjacent to an activating group) is 1. The highest BCUT2D eigenvalue weighted by atomic mass is 16.5. The predicted molar refractivity (Wildman–Crippen MR) is 101 cm³/mol. The van der Waals surface area contributed by atoms with E-state index in [0.717, 1.165) is 77.7 Å². The third-order valence-corrected chi connectivity index (χ3v) is 5.47. The van der Waals surface area contributed by atoms with Gasteiger partial charge in [-0.05, 0) is 33.0 Å². The number of hydrogen-bond acceptors (Lipinski definition) is 5. The van der Waals surface area contributed by atoms with Crippen LogP contribution in [0.2, 0.25) is 0 Å². The van der Waals surface area contributed by atoms with Crippen molar-refractivity contribution in [2.45, 2.75) is 25.4 Å². The van der Waals surface area contributed by atoms with E-state index in [2.05, 4.69) is 53.1 Å². The number of benzene rings is 1. The van der Waals surface area contributed by atoms with Gasteiger partial charge in [-0.1, -0.05) is 18.2 Å². The first-order valence-corrected chi connectivity index (χ1v) is 9.62. The molecule has 0 aromatic heterocycles. The Bertz CT molecular complexity index is 511. The Hall–Kier alpha value is -1.14. The van der Waals surface area contributed by atoms with Crippen LogP contribution in [0.25, 0.3) is 0 Å². The van der Waals surface area contributed by atoms with Gasteiger partial charge in [-0.15, -0.1) is 0 Å². The predicted octanol–water partition coefficient (Wildman–Crippen LogP) is 1.92. The maximum atomic E-state index is 6.15. The van der Waals surface area contributed by atoms with E-state index in [-0.39, 0.29) is 0 Å². The Kier molecular flexibility index (Phi) is 7.11. The fourth-order valence-corrected chi connectivity index (χ4v) is 3.66. The Balaban J connectivity index is 1.48. The van der Waals surface area contributed by atoms with Crippen LogP contribution in [-0.2, 0) is 11.3 Å². The summed E-state index contributed by atoms with van der Waals surface area (Å²) in [5.41, 5.74) is 1.29. The molecule has 0 radical (unpaired) electrons. The van der Waals surface area contributed by atoms with Gasteiger partial charge in [0, 0.05) is 64.1 Å². The number of rotatable bonds is 7. The SMILES string of the molecule is CN1CCN(CCOc2ccccc2CN(C)C2CCOCC2)CC1. The fraction of sp³-hybridized carbons (Fsp3) is 0.700. The molecule has 0 bridgehead atoms. The molecule has 1 aromatic carbocycles. The quantitative estimate of drug-likeness (QED) is 0.751. The molecule has 2 aliphatic rings. The van der Waals surface area contributed by atoms with Crippen LogP contribution in [0.15, 0.2) is 24.3 Å². The maximum absolute atomic E-state index is 6.15. The summed E-state index contributed by atoms with van der Waals surface area (Å²) in [6.07, 6.45) is 2.26. The second kappa shape index (κ2) is 9.53. The van der Waals surface area contributed by atoms with E-state index < -0.39 is 0 Å². The third-order valence-electron chi connectivity index (χ3n) is 5.47. The van der Waals surface area contributed by atoms with E-state index >= 15 is 0 Å². The van der Waals surface area contributed by atoms with Gasteiger partial charge in [-0.25, -0.2) is 0 Å².